The Balaban J connectivity index is 2.64. The molecule has 5 nitrogen and oxygen atoms in total. The maximum Gasteiger partial charge on any atom is 0.325 e. The third-order valence-electron chi connectivity index (χ3n) is 2.64. The van der Waals surface area contributed by atoms with Crippen molar-refractivity contribution in [2.45, 2.75) is 43.0 Å². The number of nitrogens with two attached hydrogens (primary N) is 1. The SMILES string of the molecule is COC(=O)C(C)(N)CC(C)Sc1cc(C)nn1C. The molecular weight excluding hydrogens is 250 g/mol. The molecule has 6 heteroatoms. The van der Waals surface area contributed by atoms with Gasteiger partial charge in [0, 0.05) is 12.3 Å². The molecule has 0 radical (unpaired) electrons. The molecule has 2 N–H and O–H groups in total. The number of aromatic nitrogens is 2. The van der Waals surface area contributed by atoms with Gasteiger partial charge in [-0.1, -0.05) is 6.92 Å². The fourth-order valence-corrected chi connectivity index (χ4v) is 3.13. The minimum atomic E-state index is -0.950. The molecule has 0 aliphatic carbocycles. The molecule has 102 valence electrons. The predicted octanol–water partition coefficient (Wildman–Crippen LogP) is 1.49. The molecule has 0 amide bonds. The average Bonchev–Trinajstić information content (AvgIpc) is 2.55. The van der Waals surface area contributed by atoms with E-state index in [0.717, 1.165) is 10.7 Å². The molecule has 0 fully saturated rings. The third kappa shape index (κ3) is 3.74. The van der Waals surface area contributed by atoms with Crippen LogP contribution in [0.3, 0.4) is 0 Å². The van der Waals surface area contributed by atoms with Gasteiger partial charge < -0.3 is 10.5 Å². The van der Waals surface area contributed by atoms with Crippen LogP contribution in [0.5, 0.6) is 0 Å². The molecule has 0 bridgehead atoms. The molecule has 0 aliphatic rings. The van der Waals surface area contributed by atoms with Gasteiger partial charge in [0.2, 0.25) is 0 Å². The summed E-state index contributed by atoms with van der Waals surface area (Å²) in [7, 11) is 3.26. The number of ether oxygens (including phenoxy) is 1. The molecule has 1 aromatic rings. The minimum Gasteiger partial charge on any atom is -0.468 e. The number of esters is 1. The van der Waals surface area contributed by atoms with Crippen molar-refractivity contribution in [1.82, 2.24) is 9.78 Å². The van der Waals surface area contributed by atoms with E-state index in [4.69, 9.17) is 10.5 Å². The van der Waals surface area contributed by atoms with E-state index in [1.165, 1.54) is 7.11 Å². The number of hydrogen-bond acceptors (Lipinski definition) is 5. The highest BCUT2D eigenvalue weighted by atomic mass is 32.2. The standard InChI is InChI=1S/C12H21N3O2S/c1-8-6-10(15(4)14-8)18-9(2)7-12(3,13)11(16)17-5/h6,9H,7,13H2,1-5H3. The lowest BCUT2D eigenvalue weighted by Crippen LogP contribution is -2.47. The number of rotatable bonds is 5. The number of methoxy groups -OCH3 is 1. The smallest absolute Gasteiger partial charge is 0.325 e. The summed E-state index contributed by atoms with van der Waals surface area (Å²) in [6, 6.07) is 2.02. The second-order valence-electron chi connectivity index (χ2n) is 4.79. The van der Waals surface area contributed by atoms with Gasteiger partial charge in [-0.25, -0.2) is 0 Å². The lowest BCUT2D eigenvalue weighted by atomic mass is 9.98. The topological polar surface area (TPSA) is 70.1 Å². The van der Waals surface area contributed by atoms with Crippen LogP contribution in [0, 0.1) is 6.92 Å². The first-order valence-electron chi connectivity index (χ1n) is 5.81. The Labute approximate surface area is 112 Å². The van der Waals surface area contributed by atoms with Crippen LogP contribution in [0.1, 0.15) is 26.0 Å². The average molecular weight is 271 g/mol. The summed E-state index contributed by atoms with van der Waals surface area (Å²) in [6.45, 7) is 5.70. The Morgan fingerprint density at radius 1 is 1.72 bits per heavy atom. The fraction of sp³-hybridized carbons (Fsp3) is 0.667. The Morgan fingerprint density at radius 2 is 2.33 bits per heavy atom. The summed E-state index contributed by atoms with van der Waals surface area (Å²) in [5.41, 5.74) is 5.99. The van der Waals surface area contributed by atoms with Crippen molar-refractivity contribution in [2.24, 2.45) is 12.8 Å². The van der Waals surface area contributed by atoms with Crippen molar-refractivity contribution in [1.29, 1.82) is 0 Å². The van der Waals surface area contributed by atoms with E-state index in [9.17, 15) is 4.79 Å². The molecule has 2 atom stereocenters. The van der Waals surface area contributed by atoms with Crippen LogP contribution in [0.25, 0.3) is 0 Å². The monoisotopic (exact) mass is 271 g/mol. The first-order chi connectivity index (χ1) is 8.26. The molecular formula is C12H21N3O2S. The highest BCUT2D eigenvalue weighted by molar-refractivity contribution is 7.99. The number of aryl methyl sites for hydroxylation is 2. The largest absolute Gasteiger partial charge is 0.468 e. The molecule has 1 heterocycles. The maximum atomic E-state index is 11.5. The highest BCUT2D eigenvalue weighted by Crippen LogP contribution is 2.28. The van der Waals surface area contributed by atoms with Gasteiger partial charge in [0.15, 0.2) is 0 Å². The third-order valence-corrected chi connectivity index (χ3v) is 3.84. The van der Waals surface area contributed by atoms with E-state index < -0.39 is 5.54 Å². The molecule has 0 saturated carbocycles. The fourth-order valence-electron chi connectivity index (χ4n) is 1.86. The number of carbonyl (C=O) groups excluding carboxylic acids is 1. The van der Waals surface area contributed by atoms with Gasteiger partial charge in [-0.15, -0.1) is 11.8 Å². The predicted molar refractivity (Wildman–Crippen MR) is 72.5 cm³/mol. The number of carbonyl (C=O) groups is 1. The zero-order valence-corrected chi connectivity index (χ0v) is 12.4. The summed E-state index contributed by atoms with van der Waals surface area (Å²) in [5.74, 6) is -0.379. The number of thioether (sulfide) groups is 1. The van der Waals surface area contributed by atoms with Gasteiger partial charge in [0.1, 0.15) is 5.54 Å². The molecule has 18 heavy (non-hydrogen) atoms. The minimum absolute atomic E-state index is 0.203. The summed E-state index contributed by atoms with van der Waals surface area (Å²) in [5, 5.41) is 5.56. The molecule has 0 saturated heterocycles. The Hall–Kier alpha value is -1.01. The van der Waals surface area contributed by atoms with Gasteiger partial charge >= 0.3 is 5.97 Å². The van der Waals surface area contributed by atoms with Crippen LogP contribution >= 0.6 is 11.8 Å². The van der Waals surface area contributed by atoms with E-state index in [1.807, 2.05) is 31.6 Å². The summed E-state index contributed by atoms with van der Waals surface area (Å²) in [6.07, 6.45) is 0.550. The van der Waals surface area contributed by atoms with Crippen molar-refractivity contribution in [3.63, 3.8) is 0 Å². The molecule has 0 aliphatic heterocycles. The van der Waals surface area contributed by atoms with E-state index in [1.54, 1.807) is 18.7 Å². The zero-order chi connectivity index (χ0) is 13.9. The lowest BCUT2D eigenvalue weighted by molar-refractivity contribution is -0.146. The van der Waals surface area contributed by atoms with Crippen molar-refractivity contribution in [3.05, 3.63) is 11.8 Å². The number of nitrogens with zero attached hydrogens (tertiary/aromatic N) is 2. The molecule has 0 spiro atoms. The quantitative estimate of drug-likeness (QED) is 0.649. The van der Waals surface area contributed by atoms with Crippen LogP contribution in [-0.4, -0.2) is 33.6 Å². The van der Waals surface area contributed by atoms with Gasteiger partial charge in [-0.3, -0.25) is 9.48 Å². The first-order valence-corrected chi connectivity index (χ1v) is 6.69. The Morgan fingerprint density at radius 3 is 2.78 bits per heavy atom. The van der Waals surface area contributed by atoms with Crippen LogP contribution < -0.4 is 5.73 Å². The van der Waals surface area contributed by atoms with E-state index in [2.05, 4.69) is 5.10 Å². The van der Waals surface area contributed by atoms with Crippen LogP contribution in [0.15, 0.2) is 11.1 Å². The normalized spacial score (nSPS) is 16.1. The summed E-state index contributed by atoms with van der Waals surface area (Å²) in [4.78, 5) is 11.5. The van der Waals surface area contributed by atoms with E-state index >= 15 is 0 Å². The van der Waals surface area contributed by atoms with Gasteiger partial charge in [-0.05, 0) is 26.3 Å². The van der Waals surface area contributed by atoms with Crippen LogP contribution in [0.4, 0.5) is 0 Å². The molecule has 2 unspecified atom stereocenters. The van der Waals surface area contributed by atoms with Crippen molar-refractivity contribution in [2.75, 3.05) is 7.11 Å². The zero-order valence-electron chi connectivity index (χ0n) is 11.6. The lowest BCUT2D eigenvalue weighted by Gasteiger charge is -2.24. The second-order valence-corrected chi connectivity index (χ2v) is 6.25. The van der Waals surface area contributed by atoms with E-state index in [-0.39, 0.29) is 11.2 Å². The second kappa shape index (κ2) is 5.75. The van der Waals surface area contributed by atoms with Gasteiger partial charge in [0.25, 0.3) is 0 Å². The van der Waals surface area contributed by atoms with Crippen molar-refractivity contribution < 1.29 is 9.53 Å². The summed E-state index contributed by atoms with van der Waals surface area (Å²) >= 11 is 1.66. The van der Waals surface area contributed by atoms with Gasteiger partial charge in [-0.2, -0.15) is 5.10 Å². The highest BCUT2D eigenvalue weighted by Gasteiger charge is 2.31. The Bertz CT molecular complexity index is 429. The van der Waals surface area contributed by atoms with E-state index in [0.29, 0.717) is 6.42 Å². The van der Waals surface area contributed by atoms with Crippen LogP contribution in [0.2, 0.25) is 0 Å². The summed E-state index contributed by atoms with van der Waals surface area (Å²) < 4.78 is 6.54. The maximum absolute atomic E-state index is 11.5. The first kappa shape index (κ1) is 15.0. The van der Waals surface area contributed by atoms with Crippen molar-refractivity contribution >= 4 is 17.7 Å². The van der Waals surface area contributed by atoms with Crippen molar-refractivity contribution in [3.8, 4) is 0 Å². The van der Waals surface area contributed by atoms with Gasteiger partial charge in [0.05, 0.1) is 17.8 Å². The number of hydrogen-bond donors (Lipinski definition) is 1. The van der Waals surface area contributed by atoms with Crippen LogP contribution in [-0.2, 0) is 16.6 Å². The Kier molecular flexibility index (Phi) is 4.81. The molecule has 1 rings (SSSR count). The molecule has 1 aromatic heterocycles. The molecule has 0 aromatic carbocycles.